The molecule has 0 bridgehead atoms. The number of H-pyrrole nitrogens is 1. The molecular formula is C26H24ClN3O4. The number of aliphatic hydroxyl groups is 1. The van der Waals surface area contributed by atoms with Crippen molar-refractivity contribution in [3.63, 3.8) is 0 Å². The Morgan fingerprint density at radius 1 is 1.21 bits per heavy atom. The van der Waals surface area contributed by atoms with Gasteiger partial charge in [-0.2, -0.15) is 0 Å². The highest BCUT2D eigenvalue weighted by Crippen LogP contribution is 2.42. The third-order valence-corrected chi connectivity index (χ3v) is 6.41. The maximum Gasteiger partial charge on any atom is 0.290 e. The Bertz CT molecular complexity index is 1450. The molecule has 0 saturated carbocycles. The summed E-state index contributed by atoms with van der Waals surface area (Å²) in [5.74, 6) is -1.57. The van der Waals surface area contributed by atoms with Crippen molar-refractivity contribution in [2.75, 3.05) is 27.2 Å². The number of fused-ring (bicyclic) bond motifs is 2. The molecule has 34 heavy (non-hydrogen) atoms. The molecule has 0 saturated heterocycles. The fourth-order valence-corrected chi connectivity index (χ4v) is 4.76. The van der Waals surface area contributed by atoms with Crippen molar-refractivity contribution in [3.8, 4) is 0 Å². The number of carbonyl (C=O) groups excluding carboxylic acids is 2. The van der Waals surface area contributed by atoms with E-state index in [1.54, 1.807) is 35.4 Å². The first-order valence-corrected chi connectivity index (χ1v) is 11.4. The van der Waals surface area contributed by atoms with Gasteiger partial charge in [-0.3, -0.25) is 9.59 Å². The second-order valence-corrected chi connectivity index (χ2v) is 9.17. The van der Waals surface area contributed by atoms with Crippen molar-refractivity contribution >= 4 is 45.2 Å². The van der Waals surface area contributed by atoms with Crippen LogP contribution in [0.25, 0.3) is 21.9 Å². The van der Waals surface area contributed by atoms with Gasteiger partial charge in [0.25, 0.3) is 5.91 Å². The Balaban J connectivity index is 1.60. The molecule has 4 aromatic rings. The van der Waals surface area contributed by atoms with Crippen LogP contribution in [0.1, 0.15) is 28.6 Å². The molecule has 0 spiro atoms. The van der Waals surface area contributed by atoms with Gasteiger partial charge in [0.2, 0.25) is 5.78 Å². The fraction of sp³-hybridized carbons (Fsp3) is 0.231. The van der Waals surface area contributed by atoms with E-state index in [0.717, 1.165) is 23.0 Å². The van der Waals surface area contributed by atoms with Crippen molar-refractivity contribution in [2.45, 2.75) is 12.5 Å². The van der Waals surface area contributed by atoms with Crippen LogP contribution in [0.4, 0.5) is 0 Å². The van der Waals surface area contributed by atoms with Crippen molar-refractivity contribution in [1.82, 2.24) is 14.8 Å². The standard InChI is InChI=1S/C26H24ClN3O4/c1-29(2)10-5-11-30-23(18-14-28-19-7-4-3-6-17(18)19)22(25(32)26(30)33)24(31)21-13-15-12-16(27)8-9-20(15)34-21/h3-4,6-9,12-14,23,28,32H,5,10-11H2,1-2H3. The van der Waals surface area contributed by atoms with E-state index in [1.165, 1.54) is 0 Å². The maximum absolute atomic E-state index is 13.7. The molecule has 2 aromatic carbocycles. The van der Waals surface area contributed by atoms with Gasteiger partial charge in [0.05, 0.1) is 11.6 Å². The Labute approximate surface area is 201 Å². The number of nitrogens with one attached hydrogen (secondary N) is 1. The lowest BCUT2D eigenvalue weighted by molar-refractivity contribution is -0.129. The number of ketones is 1. The van der Waals surface area contributed by atoms with Crippen LogP contribution in [0, 0.1) is 0 Å². The lowest BCUT2D eigenvalue weighted by atomic mass is 9.94. The second-order valence-electron chi connectivity index (χ2n) is 8.73. The summed E-state index contributed by atoms with van der Waals surface area (Å²) in [6, 6.07) is 13.6. The first kappa shape index (κ1) is 22.3. The number of aromatic amines is 1. The maximum atomic E-state index is 13.7. The number of carbonyl (C=O) groups is 2. The van der Waals surface area contributed by atoms with Gasteiger partial charge in [-0.15, -0.1) is 0 Å². The highest BCUT2D eigenvalue weighted by atomic mass is 35.5. The van der Waals surface area contributed by atoms with E-state index in [0.29, 0.717) is 29.0 Å². The summed E-state index contributed by atoms with van der Waals surface area (Å²) in [5.41, 5.74) is 2.16. The van der Waals surface area contributed by atoms with Crippen molar-refractivity contribution in [3.05, 3.63) is 82.4 Å². The fourth-order valence-electron chi connectivity index (χ4n) is 4.58. The van der Waals surface area contributed by atoms with Gasteiger partial charge < -0.3 is 24.3 Å². The third kappa shape index (κ3) is 3.77. The minimum atomic E-state index is -0.741. The molecule has 7 nitrogen and oxygen atoms in total. The smallest absolute Gasteiger partial charge is 0.290 e. The van der Waals surface area contributed by atoms with Crippen LogP contribution in [-0.2, 0) is 4.79 Å². The van der Waals surface area contributed by atoms with Gasteiger partial charge in [0.1, 0.15) is 5.58 Å². The molecule has 0 fully saturated rings. The molecule has 1 atom stereocenters. The first-order chi connectivity index (χ1) is 16.3. The second kappa shape index (κ2) is 8.66. The molecule has 1 amide bonds. The minimum absolute atomic E-state index is 0.0183. The zero-order valence-electron chi connectivity index (χ0n) is 18.8. The van der Waals surface area contributed by atoms with E-state index in [2.05, 4.69) is 4.98 Å². The molecule has 1 aliphatic rings. The largest absolute Gasteiger partial charge is 0.503 e. The van der Waals surface area contributed by atoms with Gasteiger partial charge >= 0.3 is 0 Å². The van der Waals surface area contributed by atoms with Gasteiger partial charge in [0, 0.05) is 39.6 Å². The molecule has 3 heterocycles. The summed E-state index contributed by atoms with van der Waals surface area (Å²) in [5, 5.41) is 13.0. The highest BCUT2D eigenvalue weighted by molar-refractivity contribution is 6.31. The van der Waals surface area contributed by atoms with Gasteiger partial charge in [0.15, 0.2) is 11.5 Å². The summed E-state index contributed by atoms with van der Waals surface area (Å²) in [6.45, 7) is 1.15. The molecule has 1 unspecified atom stereocenters. The predicted molar refractivity (Wildman–Crippen MR) is 131 cm³/mol. The summed E-state index contributed by atoms with van der Waals surface area (Å²) >= 11 is 6.08. The van der Waals surface area contributed by atoms with Crippen molar-refractivity contribution in [2.24, 2.45) is 0 Å². The molecule has 1 aliphatic heterocycles. The monoisotopic (exact) mass is 477 g/mol. The summed E-state index contributed by atoms with van der Waals surface area (Å²) in [4.78, 5) is 33.7. The average Bonchev–Trinajstić information content (AvgIpc) is 3.48. The molecule has 2 aromatic heterocycles. The quantitative estimate of drug-likeness (QED) is 0.361. The van der Waals surface area contributed by atoms with Crippen molar-refractivity contribution < 1.29 is 19.1 Å². The van der Waals surface area contributed by atoms with Crippen molar-refractivity contribution in [1.29, 1.82) is 0 Å². The lowest BCUT2D eigenvalue weighted by Gasteiger charge is -2.26. The van der Waals surface area contributed by atoms with Crippen LogP contribution in [0.2, 0.25) is 5.02 Å². The summed E-state index contributed by atoms with van der Waals surface area (Å²) in [7, 11) is 3.92. The first-order valence-electron chi connectivity index (χ1n) is 11.0. The lowest BCUT2D eigenvalue weighted by Crippen LogP contribution is -2.33. The van der Waals surface area contributed by atoms with Crippen LogP contribution >= 0.6 is 11.6 Å². The number of furan rings is 1. The number of benzene rings is 2. The number of hydrogen-bond donors (Lipinski definition) is 2. The topological polar surface area (TPSA) is 89.8 Å². The van der Waals surface area contributed by atoms with E-state index in [9.17, 15) is 14.7 Å². The van der Waals surface area contributed by atoms with E-state index >= 15 is 0 Å². The number of aliphatic hydroxyl groups excluding tert-OH is 1. The average molecular weight is 478 g/mol. The zero-order valence-corrected chi connectivity index (χ0v) is 19.6. The molecule has 5 rings (SSSR count). The normalized spacial score (nSPS) is 16.5. The number of Topliss-reactive ketones (excluding diaryl/α,β-unsaturated/α-hetero) is 1. The molecule has 2 N–H and O–H groups in total. The number of hydrogen-bond acceptors (Lipinski definition) is 5. The number of rotatable bonds is 7. The molecule has 0 radical (unpaired) electrons. The summed E-state index contributed by atoms with van der Waals surface area (Å²) < 4.78 is 5.78. The van der Waals surface area contributed by atoms with Gasteiger partial charge in [-0.05, 0) is 57.4 Å². The van der Waals surface area contributed by atoms with Gasteiger partial charge in [-0.1, -0.05) is 29.8 Å². The molecule has 174 valence electrons. The van der Waals surface area contributed by atoms with E-state index in [4.69, 9.17) is 16.0 Å². The Morgan fingerprint density at radius 2 is 2.00 bits per heavy atom. The third-order valence-electron chi connectivity index (χ3n) is 6.17. The SMILES string of the molecule is CN(C)CCCN1C(=O)C(O)=C(C(=O)c2cc3cc(Cl)ccc3o2)C1c1c[nH]c2ccccc12. The van der Waals surface area contributed by atoms with E-state index in [1.807, 2.05) is 43.3 Å². The molecular weight excluding hydrogens is 454 g/mol. The number of aromatic nitrogens is 1. The molecule has 0 aliphatic carbocycles. The molecule has 8 heteroatoms. The van der Waals surface area contributed by atoms with Gasteiger partial charge in [-0.25, -0.2) is 0 Å². The van der Waals surface area contributed by atoms with Crippen LogP contribution in [-0.4, -0.2) is 58.8 Å². The Hall–Kier alpha value is -3.55. The van der Waals surface area contributed by atoms with Crippen LogP contribution in [0.15, 0.2) is 70.5 Å². The number of nitrogens with zero attached hydrogens (tertiary/aromatic N) is 2. The predicted octanol–water partition coefficient (Wildman–Crippen LogP) is 5.10. The highest BCUT2D eigenvalue weighted by Gasteiger charge is 2.45. The van der Waals surface area contributed by atoms with Crippen LogP contribution in [0.5, 0.6) is 0 Å². The van der Waals surface area contributed by atoms with E-state index < -0.39 is 23.5 Å². The van der Waals surface area contributed by atoms with Crippen LogP contribution in [0.3, 0.4) is 0 Å². The Kier molecular flexibility index (Phi) is 5.67. The van der Waals surface area contributed by atoms with Crippen LogP contribution < -0.4 is 0 Å². The number of halogens is 1. The zero-order chi connectivity index (χ0) is 24.0. The summed E-state index contributed by atoms with van der Waals surface area (Å²) in [6.07, 6.45) is 2.49. The minimum Gasteiger partial charge on any atom is -0.503 e. The Morgan fingerprint density at radius 3 is 2.79 bits per heavy atom. The number of para-hydroxylation sites is 1. The van der Waals surface area contributed by atoms with E-state index in [-0.39, 0.29) is 11.3 Å². The number of amides is 1.